The average molecular weight is 608 g/mol. The Morgan fingerprint density at radius 2 is 2.00 bits per heavy atom. The number of ether oxygens (including phenoxy) is 1. The number of likely N-dealkylation sites (tertiary alicyclic amines) is 1. The Balaban J connectivity index is 1.53. The number of carbonyl (C=O) groups excluding carboxylic acids is 2. The van der Waals surface area contributed by atoms with Gasteiger partial charge in [-0.25, -0.2) is 13.5 Å². The van der Waals surface area contributed by atoms with Gasteiger partial charge in [-0.15, -0.1) is 5.10 Å². The molecule has 0 spiro atoms. The van der Waals surface area contributed by atoms with E-state index in [-0.39, 0.29) is 42.9 Å². The molecule has 3 aliphatic rings. The molecule has 0 radical (unpaired) electrons. The predicted molar refractivity (Wildman–Crippen MR) is 148 cm³/mol. The minimum Gasteiger partial charge on any atom is -0.487 e. The third-order valence-corrected chi connectivity index (χ3v) is 9.49. The highest BCUT2D eigenvalue weighted by Crippen LogP contribution is 2.46. The van der Waals surface area contributed by atoms with Gasteiger partial charge in [0.25, 0.3) is 6.43 Å². The molecule has 42 heavy (non-hydrogen) atoms. The van der Waals surface area contributed by atoms with Gasteiger partial charge in [0.2, 0.25) is 11.8 Å². The maximum atomic E-state index is 14.3. The van der Waals surface area contributed by atoms with Crippen LogP contribution in [0, 0.1) is 11.3 Å². The van der Waals surface area contributed by atoms with Gasteiger partial charge in [-0.05, 0) is 57.2 Å². The summed E-state index contributed by atoms with van der Waals surface area (Å²) in [6.45, 7) is 4.31. The summed E-state index contributed by atoms with van der Waals surface area (Å²) in [6.07, 6.45) is 1.07. The minimum atomic E-state index is -2.79. The quantitative estimate of drug-likeness (QED) is 0.435. The average Bonchev–Trinajstić information content (AvgIpc) is 3.58. The summed E-state index contributed by atoms with van der Waals surface area (Å²) >= 11 is 6.65. The largest absolute Gasteiger partial charge is 0.487 e. The van der Waals surface area contributed by atoms with Crippen LogP contribution in [0.25, 0.3) is 0 Å². The topological polar surface area (TPSA) is 118 Å². The van der Waals surface area contributed by atoms with Crippen molar-refractivity contribution >= 4 is 29.4 Å². The van der Waals surface area contributed by atoms with Gasteiger partial charge in [0.1, 0.15) is 23.7 Å². The van der Waals surface area contributed by atoms with E-state index in [1.54, 1.807) is 35.8 Å². The number of amides is 2. The Bertz CT molecular complexity index is 1370. The van der Waals surface area contributed by atoms with Crippen LogP contribution in [0.3, 0.4) is 0 Å². The number of carboxylic acids is 1. The van der Waals surface area contributed by atoms with E-state index in [2.05, 4.69) is 10.3 Å². The van der Waals surface area contributed by atoms with E-state index in [1.807, 2.05) is 0 Å². The summed E-state index contributed by atoms with van der Waals surface area (Å²) in [4.78, 5) is 42.7. The van der Waals surface area contributed by atoms with Gasteiger partial charge in [-0.3, -0.25) is 14.4 Å². The van der Waals surface area contributed by atoms with Gasteiger partial charge >= 0.3 is 5.97 Å². The van der Waals surface area contributed by atoms with E-state index >= 15 is 0 Å². The highest BCUT2D eigenvalue weighted by molar-refractivity contribution is 6.31. The van der Waals surface area contributed by atoms with Crippen LogP contribution in [0.1, 0.15) is 87.4 Å². The third kappa shape index (κ3) is 5.45. The number of aromatic nitrogens is 3. The second-order valence-corrected chi connectivity index (χ2v) is 11.9. The fourth-order valence-electron chi connectivity index (χ4n) is 6.73. The lowest BCUT2D eigenvalue weighted by atomic mass is 9.66. The Morgan fingerprint density at radius 3 is 2.67 bits per heavy atom. The van der Waals surface area contributed by atoms with Crippen LogP contribution in [-0.4, -0.2) is 67.3 Å². The van der Waals surface area contributed by atoms with E-state index in [9.17, 15) is 28.3 Å². The lowest BCUT2D eigenvalue weighted by Crippen LogP contribution is -2.52. The van der Waals surface area contributed by atoms with Gasteiger partial charge in [0.15, 0.2) is 0 Å². The molecule has 1 aromatic heterocycles. The van der Waals surface area contributed by atoms with E-state index in [0.29, 0.717) is 61.5 Å². The van der Waals surface area contributed by atoms with Crippen LogP contribution in [0.4, 0.5) is 8.78 Å². The molecule has 1 aromatic carbocycles. The van der Waals surface area contributed by atoms with E-state index in [0.717, 1.165) is 23.1 Å². The number of aryl methyl sites for hydroxylation is 1. The van der Waals surface area contributed by atoms with Crippen molar-refractivity contribution in [2.45, 2.75) is 84.4 Å². The molecule has 2 aromatic rings. The molecular formula is C29H36ClF2N5O5. The molecule has 3 heterocycles. The number of alkyl halides is 2. The van der Waals surface area contributed by atoms with E-state index in [1.165, 1.54) is 0 Å². The smallest absolute Gasteiger partial charge is 0.310 e. The predicted octanol–water partition coefficient (Wildman–Crippen LogP) is 4.80. The third-order valence-electron chi connectivity index (χ3n) is 9.13. The van der Waals surface area contributed by atoms with Crippen molar-refractivity contribution in [3.63, 3.8) is 0 Å². The van der Waals surface area contributed by atoms with E-state index in [4.69, 9.17) is 16.3 Å². The summed E-state index contributed by atoms with van der Waals surface area (Å²) in [7, 11) is 0. The van der Waals surface area contributed by atoms with Crippen molar-refractivity contribution in [2.75, 3.05) is 19.6 Å². The number of aliphatic carboxylic acids is 1. The SMILES string of the molecule is CCn1nnc(COc2ccc(Cl)c3c2[C@@H](CN2CCCC2=O)N(C(=O)C2CCCCC2(C)C(=O)O)CC3)c1C(F)F. The first-order valence-corrected chi connectivity index (χ1v) is 14.9. The first-order chi connectivity index (χ1) is 20.1. The lowest BCUT2D eigenvalue weighted by molar-refractivity contribution is -0.162. The number of benzene rings is 1. The number of nitrogens with zero attached hydrogens (tertiary/aromatic N) is 5. The molecule has 1 N–H and O–H groups in total. The van der Waals surface area contributed by atoms with Crippen molar-refractivity contribution in [3.8, 4) is 5.75 Å². The van der Waals surface area contributed by atoms with Gasteiger partial charge in [0.05, 0.1) is 17.4 Å². The molecule has 2 unspecified atom stereocenters. The van der Waals surface area contributed by atoms with Crippen molar-refractivity contribution < 1.29 is 33.0 Å². The molecule has 10 nitrogen and oxygen atoms in total. The lowest BCUT2D eigenvalue weighted by Gasteiger charge is -2.45. The van der Waals surface area contributed by atoms with Crippen LogP contribution >= 0.6 is 11.6 Å². The summed E-state index contributed by atoms with van der Waals surface area (Å²) in [5.41, 5.74) is -0.151. The fraction of sp³-hybridized carbons (Fsp3) is 0.621. The molecule has 0 bridgehead atoms. The van der Waals surface area contributed by atoms with Gasteiger partial charge in [-0.1, -0.05) is 29.7 Å². The van der Waals surface area contributed by atoms with Crippen molar-refractivity contribution in [1.29, 1.82) is 0 Å². The molecule has 2 fully saturated rings. The maximum Gasteiger partial charge on any atom is 0.310 e. The molecule has 3 atom stereocenters. The summed E-state index contributed by atoms with van der Waals surface area (Å²) in [5.74, 6) is -1.66. The highest BCUT2D eigenvalue weighted by atomic mass is 35.5. The minimum absolute atomic E-state index is 0.00462. The zero-order chi connectivity index (χ0) is 30.2. The van der Waals surface area contributed by atoms with Crippen molar-refractivity contribution in [1.82, 2.24) is 24.8 Å². The normalized spacial score (nSPS) is 24.3. The fourth-order valence-corrected chi connectivity index (χ4v) is 6.99. The first-order valence-electron chi connectivity index (χ1n) is 14.5. The molecule has 5 rings (SSSR count). The zero-order valence-corrected chi connectivity index (χ0v) is 24.6. The number of halogens is 3. The molecule has 1 aliphatic carbocycles. The highest BCUT2D eigenvalue weighted by Gasteiger charge is 2.50. The summed E-state index contributed by atoms with van der Waals surface area (Å²) < 4.78 is 34.9. The second kappa shape index (κ2) is 12.1. The van der Waals surface area contributed by atoms with Crippen LogP contribution < -0.4 is 4.74 Å². The standard InChI is InChI=1S/C29H36ClF2N5O5/c1-3-37-25(26(31)32)20(33-34-37)16-42-22-10-9-19(30)17-11-14-36(21(24(17)22)15-35-13-6-8-23(35)38)27(39)18-7-4-5-12-29(18,2)28(40)41/h9-10,18,21,26H,3-8,11-16H2,1-2H3,(H,40,41)/t18?,21-,29?/m1/s1. The molecule has 1 saturated heterocycles. The van der Waals surface area contributed by atoms with Gasteiger partial charge in [0, 0.05) is 43.2 Å². The molecule has 228 valence electrons. The zero-order valence-electron chi connectivity index (χ0n) is 23.8. The molecule has 1 saturated carbocycles. The molecular weight excluding hydrogens is 572 g/mol. The summed E-state index contributed by atoms with van der Waals surface area (Å²) in [5, 5.41) is 18.3. The van der Waals surface area contributed by atoms with Gasteiger partial charge < -0.3 is 19.6 Å². The number of carboxylic acid groups (broad SMARTS) is 1. The first kappa shape index (κ1) is 30.2. The van der Waals surface area contributed by atoms with Crippen LogP contribution in [0.5, 0.6) is 5.75 Å². The second-order valence-electron chi connectivity index (χ2n) is 11.5. The Hall–Kier alpha value is -3.28. The van der Waals surface area contributed by atoms with Crippen LogP contribution in [0.15, 0.2) is 12.1 Å². The number of carbonyl (C=O) groups is 3. The number of fused-ring (bicyclic) bond motifs is 1. The monoisotopic (exact) mass is 607 g/mol. The Morgan fingerprint density at radius 1 is 1.21 bits per heavy atom. The number of hydrogen-bond donors (Lipinski definition) is 1. The molecule has 2 amide bonds. The van der Waals surface area contributed by atoms with E-state index < -0.39 is 29.8 Å². The Kier molecular flexibility index (Phi) is 8.73. The molecule has 13 heteroatoms. The molecule has 2 aliphatic heterocycles. The maximum absolute atomic E-state index is 14.3. The number of rotatable bonds is 9. The van der Waals surface area contributed by atoms with Crippen molar-refractivity contribution in [2.24, 2.45) is 11.3 Å². The van der Waals surface area contributed by atoms with Gasteiger partial charge in [-0.2, -0.15) is 0 Å². The van der Waals surface area contributed by atoms with Crippen molar-refractivity contribution in [3.05, 3.63) is 39.7 Å². The Labute approximate surface area is 247 Å². The van der Waals surface area contributed by atoms with Crippen LogP contribution in [-0.2, 0) is 34.0 Å². The summed E-state index contributed by atoms with van der Waals surface area (Å²) in [6, 6.07) is 2.66. The van der Waals surface area contributed by atoms with Crippen LogP contribution in [0.2, 0.25) is 5.02 Å². The number of hydrogen-bond acceptors (Lipinski definition) is 6.